The van der Waals surface area contributed by atoms with E-state index < -0.39 is 0 Å². The number of rotatable bonds is 6. The lowest BCUT2D eigenvalue weighted by molar-refractivity contribution is 0.283. The molecule has 90 valence electrons. The average molecular weight is 219 g/mol. The van der Waals surface area contributed by atoms with Gasteiger partial charge in [-0.1, -0.05) is 50.1 Å². The first-order valence-corrected chi connectivity index (χ1v) is 6.30. The molecule has 1 aromatic carbocycles. The molecule has 1 aromatic rings. The van der Waals surface area contributed by atoms with Crippen LogP contribution in [0.1, 0.15) is 37.8 Å². The van der Waals surface area contributed by atoms with E-state index in [4.69, 9.17) is 0 Å². The second-order valence-corrected chi connectivity index (χ2v) is 5.25. The topological polar surface area (TPSA) is 12.0 Å². The number of nitrogens with one attached hydrogen (secondary N) is 1. The Hall–Kier alpha value is -0.820. The molecule has 0 aliphatic rings. The minimum atomic E-state index is 0.388. The molecular weight excluding hydrogens is 194 g/mol. The SMILES string of the molecule is CCCC(C)(CNC)Cc1ccc(C)cc1. The van der Waals surface area contributed by atoms with Crippen LogP contribution in [0.5, 0.6) is 0 Å². The maximum absolute atomic E-state index is 3.32. The van der Waals surface area contributed by atoms with E-state index >= 15 is 0 Å². The van der Waals surface area contributed by atoms with Crippen LogP contribution in [0.25, 0.3) is 0 Å². The zero-order chi connectivity index (χ0) is 12.0. The van der Waals surface area contributed by atoms with Crippen molar-refractivity contribution in [1.82, 2.24) is 5.32 Å². The van der Waals surface area contributed by atoms with Crippen molar-refractivity contribution in [3.8, 4) is 0 Å². The number of aryl methyl sites for hydroxylation is 1. The second-order valence-electron chi connectivity index (χ2n) is 5.25. The summed E-state index contributed by atoms with van der Waals surface area (Å²) in [6.45, 7) is 7.88. The Labute approximate surface area is 100 Å². The molecule has 0 heterocycles. The number of hydrogen-bond donors (Lipinski definition) is 1. The Morgan fingerprint density at radius 3 is 2.31 bits per heavy atom. The molecular formula is C15H25N. The first-order valence-electron chi connectivity index (χ1n) is 6.30. The third-order valence-electron chi connectivity index (χ3n) is 3.21. The standard InChI is InChI=1S/C15H25N/c1-5-10-15(3,12-16-4)11-14-8-6-13(2)7-9-14/h6-9,16H,5,10-12H2,1-4H3. The van der Waals surface area contributed by atoms with Gasteiger partial charge in [-0.2, -0.15) is 0 Å². The van der Waals surface area contributed by atoms with Gasteiger partial charge in [0.15, 0.2) is 0 Å². The summed E-state index contributed by atoms with van der Waals surface area (Å²) in [4.78, 5) is 0. The highest BCUT2D eigenvalue weighted by atomic mass is 14.8. The highest BCUT2D eigenvalue weighted by Crippen LogP contribution is 2.27. The Morgan fingerprint density at radius 2 is 1.81 bits per heavy atom. The van der Waals surface area contributed by atoms with Gasteiger partial charge in [-0.05, 0) is 37.8 Å². The molecule has 1 nitrogen and oxygen atoms in total. The summed E-state index contributed by atoms with van der Waals surface area (Å²) in [6, 6.07) is 8.94. The summed E-state index contributed by atoms with van der Waals surface area (Å²) in [7, 11) is 2.04. The fourth-order valence-electron chi connectivity index (χ4n) is 2.47. The zero-order valence-electron chi connectivity index (χ0n) is 11.1. The maximum Gasteiger partial charge on any atom is 0.000534 e. The normalized spacial score (nSPS) is 14.8. The van der Waals surface area contributed by atoms with Gasteiger partial charge < -0.3 is 5.32 Å². The maximum atomic E-state index is 3.32. The van der Waals surface area contributed by atoms with E-state index in [1.54, 1.807) is 0 Å². The van der Waals surface area contributed by atoms with Crippen LogP contribution in [0.4, 0.5) is 0 Å². The highest BCUT2D eigenvalue weighted by Gasteiger charge is 2.22. The molecule has 0 aliphatic carbocycles. The number of benzene rings is 1. The van der Waals surface area contributed by atoms with Crippen molar-refractivity contribution >= 4 is 0 Å². The van der Waals surface area contributed by atoms with Gasteiger partial charge in [0, 0.05) is 6.54 Å². The fraction of sp³-hybridized carbons (Fsp3) is 0.600. The molecule has 0 aliphatic heterocycles. The zero-order valence-corrected chi connectivity index (χ0v) is 11.1. The molecule has 1 N–H and O–H groups in total. The van der Waals surface area contributed by atoms with Crippen molar-refractivity contribution in [3.05, 3.63) is 35.4 Å². The fourth-order valence-corrected chi connectivity index (χ4v) is 2.47. The van der Waals surface area contributed by atoms with E-state index in [0.29, 0.717) is 5.41 Å². The molecule has 1 atom stereocenters. The predicted molar refractivity (Wildman–Crippen MR) is 71.8 cm³/mol. The quantitative estimate of drug-likeness (QED) is 0.771. The molecule has 0 amide bonds. The van der Waals surface area contributed by atoms with Crippen LogP contribution < -0.4 is 5.32 Å². The molecule has 0 bridgehead atoms. The Balaban J connectivity index is 2.70. The summed E-state index contributed by atoms with van der Waals surface area (Å²) in [5.41, 5.74) is 3.19. The van der Waals surface area contributed by atoms with E-state index in [9.17, 15) is 0 Å². The summed E-state index contributed by atoms with van der Waals surface area (Å²) < 4.78 is 0. The molecule has 0 radical (unpaired) electrons. The predicted octanol–water partition coefficient (Wildman–Crippen LogP) is 3.56. The number of hydrogen-bond acceptors (Lipinski definition) is 1. The molecule has 16 heavy (non-hydrogen) atoms. The molecule has 1 rings (SSSR count). The molecule has 0 saturated carbocycles. The van der Waals surface area contributed by atoms with Gasteiger partial charge in [0.05, 0.1) is 0 Å². The third kappa shape index (κ3) is 3.97. The minimum absolute atomic E-state index is 0.388. The molecule has 0 fully saturated rings. The van der Waals surface area contributed by atoms with Crippen LogP contribution in [0.2, 0.25) is 0 Å². The average Bonchev–Trinajstić information content (AvgIpc) is 2.22. The van der Waals surface area contributed by atoms with Gasteiger partial charge in [0.1, 0.15) is 0 Å². The van der Waals surface area contributed by atoms with Crippen LogP contribution in [0.15, 0.2) is 24.3 Å². The van der Waals surface area contributed by atoms with Crippen molar-refractivity contribution in [3.63, 3.8) is 0 Å². The summed E-state index contributed by atoms with van der Waals surface area (Å²) in [5, 5.41) is 3.32. The molecule has 0 spiro atoms. The third-order valence-corrected chi connectivity index (χ3v) is 3.21. The van der Waals surface area contributed by atoms with E-state index in [1.807, 2.05) is 7.05 Å². The highest BCUT2D eigenvalue weighted by molar-refractivity contribution is 5.22. The van der Waals surface area contributed by atoms with Gasteiger partial charge in [-0.15, -0.1) is 0 Å². The summed E-state index contributed by atoms with van der Waals surface area (Å²) in [5.74, 6) is 0. The van der Waals surface area contributed by atoms with Gasteiger partial charge in [-0.3, -0.25) is 0 Å². The second kappa shape index (κ2) is 6.05. The lowest BCUT2D eigenvalue weighted by Gasteiger charge is -2.29. The van der Waals surface area contributed by atoms with Crippen molar-refractivity contribution < 1.29 is 0 Å². The van der Waals surface area contributed by atoms with Gasteiger partial charge in [-0.25, -0.2) is 0 Å². The van der Waals surface area contributed by atoms with E-state index in [-0.39, 0.29) is 0 Å². The van der Waals surface area contributed by atoms with E-state index in [0.717, 1.165) is 6.54 Å². The minimum Gasteiger partial charge on any atom is -0.319 e. The first-order chi connectivity index (χ1) is 7.59. The van der Waals surface area contributed by atoms with Crippen molar-refractivity contribution in [2.75, 3.05) is 13.6 Å². The molecule has 0 saturated heterocycles. The monoisotopic (exact) mass is 219 g/mol. The van der Waals surface area contributed by atoms with Crippen LogP contribution in [-0.2, 0) is 6.42 Å². The summed E-state index contributed by atoms with van der Waals surface area (Å²) >= 11 is 0. The van der Waals surface area contributed by atoms with Gasteiger partial charge in [0.2, 0.25) is 0 Å². The van der Waals surface area contributed by atoms with Gasteiger partial charge >= 0.3 is 0 Å². The Kier molecular flexibility index (Phi) is 5.01. The van der Waals surface area contributed by atoms with Crippen molar-refractivity contribution in [2.45, 2.75) is 40.0 Å². The first kappa shape index (κ1) is 13.2. The lowest BCUT2D eigenvalue weighted by Crippen LogP contribution is -2.31. The van der Waals surface area contributed by atoms with Crippen LogP contribution >= 0.6 is 0 Å². The van der Waals surface area contributed by atoms with Crippen molar-refractivity contribution in [2.24, 2.45) is 5.41 Å². The van der Waals surface area contributed by atoms with Crippen LogP contribution in [-0.4, -0.2) is 13.6 Å². The van der Waals surface area contributed by atoms with E-state index in [1.165, 1.54) is 30.4 Å². The van der Waals surface area contributed by atoms with Crippen molar-refractivity contribution in [1.29, 1.82) is 0 Å². The van der Waals surface area contributed by atoms with Gasteiger partial charge in [0.25, 0.3) is 0 Å². The molecule has 0 aromatic heterocycles. The molecule has 1 heteroatoms. The Bertz CT molecular complexity index is 294. The van der Waals surface area contributed by atoms with Crippen LogP contribution in [0.3, 0.4) is 0 Å². The molecule has 1 unspecified atom stereocenters. The Morgan fingerprint density at radius 1 is 1.19 bits per heavy atom. The van der Waals surface area contributed by atoms with E-state index in [2.05, 4.69) is 50.4 Å². The summed E-state index contributed by atoms with van der Waals surface area (Å²) in [6.07, 6.45) is 3.70. The lowest BCUT2D eigenvalue weighted by atomic mass is 9.79. The van der Waals surface area contributed by atoms with Crippen LogP contribution in [0, 0.1) is 12.3 Å². The largest absolute Gasteiger partial charge is 0.319 e. The smallest absolute Gasteiger partial charge is 0.000534 e.